The molecule has 0 aliphatic carbocycles. The average molecular weight is 454 g/mol. The number of halogens is 4. The van der Waals surface area contributed by atoms with Gasteiger partial charge in [-0.1, -0.05) is 0 Å². The molecule has 0 radical (unpaired) electrons. The van der Waals surface area contributed by atoms with Gasteiger partial charge in [-0.3, -0.25) is 14.5 Å². The number of alkyl halides is 3. The van der Waals surface area contributed by atoms with E-state index in [9.17, 15) is 27.2 Å². The second-order valence-electron chi connectivity index (χ2n) is 8.39. The van der Waals surface area contributed by atoms with Crippen LogP contribution in [0.2, 0.25) is 0 Å². The second-order valence-corrected chi connectivity index (χ2v) is 8.39. The van der Waals surface area contributed by atoms with Crippen molar-refractivity contribution in [3.05, 3.63) is 57.3 Å². The third kappa shape index (κ3) is 4.64. The summed E-state index contributed by atoms with van der Waals surface area (Å²) in [5, 5.41) is 2.52. The number of aryl methyl sites for hydroxylation is 2. The molecule has 0 bridgehead atoms. The summed E-state index contributed by atoms with van der Waals surface area (Å²) in [7, 11) is 3.25. The number of benzene rings is 1. The fourth-order valence-electron chi connectivity index (χ4n) is 3.87. The zero-order chi connectivity index (χ0) is 24.0. The van der Waals surface area contributed by atoms with Gasteiger partial charge in [-0.15, -0.1) is 0 Å². The molecule has 2 heterocycles. The summed E-state index contributed by atoms with van der Waals surface area (Å²) >= 11 is 0. The lowest BCUT2D eigenvalue weighted by Gasteiger charge is -2.44. The minimum Gasteiger partial charge on any atom is -0.367 e. The van der Waals surface area contributed by atoms with Crippen molar-refractivity contribution in [3.8, 4) is 0 Å². The highest BCUT2D eigenvalue weighted by Gasteiger charge is 2.36. The number of amides is 1. The van der Waals surface area contributed by atoms with Crippen LogP contribution in [0.25, 0.3) is 0 Å². The highest BCUT2D eigenvalue weighted by atomic mass is 19.4. The second kappa shape index (κ2) is 8.57. The molecule has 1 saturated heterocycles. The number of hydrogen-bond donors (Lipinski definition) is 1. The van der Waals surface area contributed by atoms with Gasteiger partial charge in [0.05, 0.1) is 22.5 Å². The number of piperazine rings is 1. The van der Waals surface area contributed by atoms with E-state index in [1.165, 1.54) is 26.1 Å². The van der Waals surface area contributed by atoms with Crippen molar-refractivity contribution >= 4 is 17.3 Å². The van der Waals surface area contributed by atoms with E-state index in [4.69, 9.17) is 0 Å². The molecule has 0 unspecified atom stereocenters. The maximum atomic E-state index is 14.4. The Labute approximate surface area is 183 Å². The van der Waals surface area contributed by atoms with Gasteiger partial charge in [-0.2, -0.15) is 13.2 Å². The van der Waals surface area contributed by atoms with E-state index in [-0.39, 0.29) is 23.3 Å². The molecule has 2 atom stereocenters. The Balaban J connectivity index is 2.03. The first-order valence-electron chi connectivity index (χ1n) is 10.2. The van der Waals surface area contributed by atoms with E-state index in [1.54, 1.807) is 0 Å². The standard InChI is InChI=1S/C22H26F4N4O2/c1-12-6-18(19(8-17(12)23)30-9-13(2)29(5)14(3)10-30)27-21(32)15-11-28(4)20(31)7-16(15)22(24,25)26/h6-8,11,13-14H,9-10H2,1-5H3,(H,27,32)/t13-,14+. The zero-order valence-corrected chi connectivity index (χ0v) is 18.5. The Kier molecular flexibility index (Phi) is 6.37. The molecule has 1 aliphatic rings. The van der Waals surface area contributed by atoms with Crippen LogP contribution in [0.4, 0.5) is 28.9 Å². The van der Waals surface area contributed by atoms with E-state index < -0.39 is 34.6 Å². The molecule has 0 saturated carbocycles. The summed E-state index contributed by atoms with van der Waals surface area (Å²) in [5.74, 6) is -1.51. The lowest BCUT2D eigenvalue weighted by molar-refractivity contribution is -0.138. The van der Waals surface area contributed by atoms with E-state index in [0.29, 0.717) is 24.8 Å². The first-order valence-corrected chi connectivity index (χ1v) is 10.2. The molecular weight excluding hydrogens is 428 g/mol. The number of nitrogens with one attached hydrogen (secondary N) is 1. The van der Waals surface area contributed by atoms with E-state index in [0.717, 1.165) is 10.8 Å². The van der Waals surface area contributed by atoms with Crippen molar-refractivity contribution in [2.75, 3.05) is 30.4 Å². The third-order valence-corrected chi connectivity index (χ3v) is 6.00. The predicted octanol–water partition coefficient (Wildman–Crippen LogP) is 3.63. The molecular formula is C22H26F4N4O2. The first-order chi connectivity index (χ1) is 14.8. The van der Waals surface area contributed by atoms with Crippen LogP contribution in [0.15, 0.2) is 29.2 Å². The number of nitrogens with zero attached hydrogens (tertiary/aromatic N) is 3. The lowest BCUT2D eigenvalue weighted by atomic mass is 10.1. The van der Waals surface area contributed by atoms with Crippen LogP contribution in [0, 0.1) is 12.7 Å². The van der Waals surface area contributed by atoms with Gasteiger partial charge < -0.3 is 14.8 Å². The molecule has 1 fully saturated rings. The Morgan fingerprint density at radius 2 is 1.69 bits per heavy atom. The summed E-state index contributed by atoms with van der Waals surface area (Å²) in [5.41, 5.74) is -2.04. The Morgan fingerprint density at radius 1 is 1.09 bits per heavy atom. The van der Waals surface area contributed by atoms with E-state index in [2.05, 4.69) is 10.2 Å². The molecule has 10 heteroatoms. The molecule has 32 heavy (non-hydrogen) atoms. The fourth-order valence-corrected chi connectivity index (χ4v) is 3.87. The number of pyridine rings is 1. The molecule has 1 N–H and O–H groups in total. The highest BCUT2D eigenvalue weighted by molar-refractivity contribution is 6.07. The molecule has 1 aromatic heterocycles. The van der Waals surface area contributed by atoms with Gasteiger partial charge >= 0.3 is 6.18 Å². The molecule has 2 aromatic rings. The molecule has 174 valence electrons. The zero-order valence-electron chi connectivity index (χ0n) is 18.5. The maximum absolute atomic E-state index is 14.4. The Bertz CT molecular complexity index is 1080. The van der Waals surface area contributed by atoms with Crippen molar-refractivity contribution in [3.63, 3.8) is 0 Å². The lowest BCUT2D eigenvalue weighted by Crippen LogP contribution is -2.55. The summed E-state index contributed by atoms with van der Waals surface area (Å²) in [6.07, 6.45) is -4.03. The summed E-state index contributed by atoms with van der Waals surface area (Å²) < 4.78 is 55.8. The summed E-state index contributed by atoms with van der Waals surface area (Å²) in [6, 6.07) is 3.39. The highest BCUT2D eigenvalue weighted by Crippen LogP contribution is 2.34. The van der Waals surface area contributed by atoms with Gasteiger partial charge in [0, 0.05) is 44.5 Å². The van der Waals surface area contributed by atoms with Crippen LogP contribution >= 0.6 is 0 Å². The summed E-state index contributed by atoms with van der Waals surface area (Å²) in [4.78, 5) is 28.7. The molecule has 1 aromatic carbocycles. The number of anilines is 2. The monoisotopic (exact) mass is 454 g/mol. The van der Waals surface area contributed by atoms with Crippen LogP contribution < -0.4 is 15.8 Å². The number of carbonyl (C=O) groups is 1. The summed E-state index contributed by atoms with van der Waals surface area (Å²) in [6.45, 7) is 6.66. The van der Waals surface area contributed by atoms with Crippen molar-refractivity contribution in [2.24, 2.45) is 7.05 Å². The van der Waals surface area contributed by atoms with Gasteiger partial charge in [0.1, 0.15) is 5.82 Å². The topological polar surface area (TPSA) is 57.6 Å². The molecule has 3 rings (SSSR count). The average Bonchev–Trinajstić information content (AvgIpc) is 2.69. The molecule has 0 spiro atoms. The van der Waals surface area contributed by atoms with Gasteiger partial charge in [-0.05, 0) is 45.5 Å². The Morgan fingerprint density at radius 3 is 2.25 bits per heavy atom. The number of carbonyl (C=O) groups excluding carboxylic acids is 1. The molecule has 1 amide bonds. The maximum Gasteiger partial charge on any atom is 0.417 e. The number of aromatic nitrogens is 1. The quantitative estimate of drug-likeness (QED) is 0.720. The number of rotatable bonds is 3. The smallest absolute Gasteiger partial charge is 0.367 e. The predicted molar refractivity (Wildman–Crippen MR) is 115 cm³/mol. The van der Waals surface area contributed by atoms with E-state index in [1.807, 2.05) is 25.8 Å². The van der Waals surface area contributed by atoms with E-state index >= 15 is 0 Å². The Hall–Kier alpha value is -2.88. The van der Waals surface area contributed by atoms with Crippen molar-refractivity contribution in [1.82, 2.24) is 9.47 Å². The van der Waals surface area contributed by atoms with Crippen LogP contribution in [0.5, 0.6) is 0 Å². The first kappa shape index (κ1) is 23.8. The van der Waals surface area contributed by atoms with Crippen molar-refractivity contribution in [1.29, 1.82) is 0 Å². The minimum atomic E-state index is -4.88. The van der Waals surface area contributed by atoms with Gasteiger partial charge in [0.15, 0.2) is 0 Å². The van der Waals surface area contributed by atoms with Crippen LogP contribution in [-0.2, 0) is 13.2 Å². The number of hydrogen-bond acceptors (Lipinski definition) is 4. The fraction of sp³-hybridized carbons (Fsp3) is 0.455. The van der Waals surface area contributed by atoms with Crippen molar-refractivity contribution < 1.29 is 22.4 Å². The van der Waals surface area contributed by atoms with Gasteiger partial charge in [0.2, 0.25) is 0 Å². The van der Waals surface area contributed by atoms with Gasteiger partial charge in [0.25, 0.3) is 11.5 Å². The van der Waals surface area contributed by atoms with Crippen LogP contribution in [0.1, 0.15) is 35.3 Å². The SMILES string of the molecule is Cc1cc(NC(=O)c2cn(C)c(=O)cc2C(F)(F)F)c(N2C[C@@H](C)N(C)[C@@H](C)C2)cc1F. The normalized spacial score (nSPS) is 19.8. The number of likely N-dealkylation sites (N-methyl/N-ethyl adjacent to an activating group) is 1. The van der Waals surface area contributed by atoms with Gasteiger partial charge in [-0.25, -0.2) is 4.39 Å². The largest absolute Gasteiger partial charge is 0.417 e. The van der Waals surface area contributed by atoms with Crippen LogP contribution in [-0.4, -0.2) is 47.6 Å². The van der Waals surface area contributed by atoms with Crippen LogP contribution in [0.3, 0.4) is 0 Å². The molecule has 1 aliphatic heterocycles. The minimum absolute atomic E-state index is 0.146. The third-order valence-electron chi connectivity index (χ3n) is 6.00. The molecule has 6 nitrogen and oxygen atoms in total. The van der Waals surface area contributed by atoms with Crippen molar-refractivity contribution in [2.45, 2.75) is 39.0 Å².